The minimum atomic E-state index is -1.38. The molecule has 0 spiro atoms. The highest BCUT2D eigenvalue weighted by Crippen LogP contribution is 2.35. The van der Waals surface area contributed by atoms with Gasteiger partial charge in [0.15, 0.2) is 23.1 Å². The molecule has 0 radical (unpaired) electrons. The number of aromatic nitrogens is 4. The van der Waals surface area contributed by atoms with Crippen LogP contribution in [0.3, 0.4) is 0 Å². The van der Waals surface area contributed by atoms with Gasteiger partial charge in [0.25, 0.3) is 0 Å². The Labute approximate surface area is 226 Å². The topological polar surface area (TPSA) is 134 Å². The average molecular weight is 537 g/mol. The molecule has 200 valence electrons. The molecule has 0 unspecified atom stereocenters. The number of halogens is 1. The molecule has 0 atom stereocenters. The van der Waals surface area contributed by atoms with Crippen LogP contribution in [0, 0.1) is 23.2 Å². The van der Waals surface area contributed by atoms with E-state index in [9.17, 15) is 9.59 Å². The molecular weight excluding hydrogens is 504 g/mol. The van der Waals surface area contributed by atoms with Crippen LogP contribution < -0.4 is 5.32 Å². The van der Waals surface area contributed by atoms with E-state index in [4.69, 9.17) is 27.1 Å². The zero-order chi connectivity index (χ0) is 26.8. The van der Waals surface area contributed by atoms with Gasteiger partial charge in [-0.3, -0.25) is 15.5 Å². The van der Waals surface area contributed by atoms with Crippen molar-refractivity contribution in [1.82, 2.24) is 24.8 Å². The quantitative estimate of drug-likeness (QED) is 0.191. The van der Waals surface area contributed by atoms with Crippen LogP contribution in [0.4, 0.5) is 4.79 Å². The number of ketones is 1. The van der Waals surface area contributed by atoms with Crippen molar-refractivity contribution in [3.8, 4) is 11.3 Å². The van der Waals surface area contributed by atoms with Gasteiger partial charge in [0, 0.05) is 23.0 Å². The van der Waals surface area contributed by atoms with Crippen LogP contribution in [-0.4, -0.2) is 42.3 Å². The van der Waals surface area contributed by atoms with Crippen molar-refractivity contribution < 1.29 is 14.7 Å². The lowest BCUT2D eigenvalue weighted by Crippen LogP contribution is -2.30. The number of amidine groups is 1. The smallest absolute Gasteiger partial charge is 0.410 e. The van der Waals surface area contributed by atoms with Gasteiger partial charge in [-0.15, -0.1) is 0 Å². The van der Waals surface area contributed by atoms with Crippen molar-refractivity contribution in [1.29, 1.82) is 5.41 Å². The lowest BCUT2D eigenvalue weighted by atomic mass is 9.83. The molecule has 2 aliphatic carbocycles. The second kappa shape index (κ2) is 11.2. The van der Waals surface area contributed by atoms with Crippen LogP contribution in [0.15, 0.2) is 24.3 Å². The van der Waals surface area contributed by atoms with Crippen molar-refractivity contribution in [2.45, 2.75) is 71.3 Å². The van der Waals surface area contributed by atoms with Gasteiger partial charge in [0.05, 0.1) is 0 Å². The lowest BCUT2D eigenvalue weighted by Gasteiger charge is -2.27. The number of hydrogen-bond donors (Lipinski definition) is 3. The van der Waals surface area contributed by atoms with E-state index in [2.05, 4.69) is 16.9 Å². The molecule has 0 saturated heterocycles. The largest absolute Gasteiger partial charge is 0.465 e. The number of carbonyl (C=O) groups excluding carboxylic acids is 1. The zero-order valence-electron chi connectivity index (χ0n) is 21.5. The number of nitrogens with one attached hydrogen (secondary N) is 2. The molecule has 2 saturated carbocycles. The van der Waals surface area contributed by atoms with Crippen LogP contribution in [0.5, 0.6) is 0 Å². The van der Waals surface area contributed by atoms with E-state index in [0.29, 0.717) is 46.0 Å². The highest BCUT2D eigenvalue weighted by Gasteiger charge is 2.31. The first-order valence-electron chi connectivity index (χ1n) is 13.5. The average Bonchev–Trinajstić information content (AvgIpc) is 3.27. The molecule has 10 heteroatoms. The van der Waals surface area contributed by atoms with Gasteiger partial charge < -0.3 is 9.67 Å². The number of carboxylic acid groups (broad SMARTS) is 1. The van der Waals surface area contributed by atoms with E-state index < -0.39 is 11.9 Å². The summed E-state index contributed by atoms with van der Waals surface area (Å²) < 4.78 is 2.00. The van der Waals surface area contributed by atoms with Gasteiger partial charge >= 0.3 is 6.09 Å². The van der Waals surface area contributed by atoms with Crippen LogP contribution in [0.2, 0.25) is 5.02 Å². The fourth-order valence-corrected chi connectivity index (χ4v) is 6.02. The van der Waals surface area contributed by atoms with Gasteiger partial charge in [-0.2, -0.15) is 0 Å². The number of fused-ring (bicyclic) bond motifs is 1. The van der Waals surface area contributed by atoms with Crippen LogP contribution in [0.25, 0.3) is 22.4 Å². The fourth-order valence-electron chi connectivity index (χ4n) is 5.83. The number of rotatable bonds is 6. The third-order valence-corrected chi connectivity index (χ3v) is 8.16. The highest BCUT2D eigenvalue weighted by atomic mass is 35.5. The molecule has 5 rings (SSSR count). The Kier molecular flexibility index (Phi) is 7.74. The molecule has 2 heterocycles. The van der Waals surface area contributed by atoms with E-state index in [0.717, 1.165) is 57.8 Å². The molecule has 3 aromatic rings. The molecule has 2 aromatic heterocycles. The lowest BCUT2D eigenvalue weighted by molar-refractivity contribution is 0.0872. The minimum Gasteiger partial charge on any atom is -0.465 e. The van der Waals surface area contributed by atoms with Gasteiger partial charge in [-0.1, -0.05) is 62.8 Å². The number of carbonyl (C=O) groups is 2. The normalized spacial score (nSPS) is 20.4. The first-order chi connectivity index (χ1) is 18.3. The third-order valence-electron chi connectivity index (χ3n) is 7.93. The second-order valence-electron chi connectivity index (χ2n) is 10.8. The van der Waals surface area contributed by atoms with E-state index in [1.165, 1.54) is 0 Å². The first kappa shape index (κ1) is 26.3. The highest BCUT2D eigenvalue weighted by molar-refractivity contribution is 6.30. The van der Waals surface area contributed by atoms with Crippen molar-refractivity contribution in [2.75, 3.05) is 0 Å². The molecular formula is C28H33ClN6O3. The minimum absolute atomic E-state index is 0.0317. The Bertz CT molecular complexity index is 1370. The number of imidazole rings is 1. The van der Waals surface area contributed by atoms with Crippen molar-refractivity contribution >= 4 is 40.5 Å². The Hall–Kier alpha value is -3.33. The van der Waals surface area contributed by atoms with Gasteiger partial charge in [-0.25, -0.2) is 19.7 Å². The van der Waals surface area contributed by atoms with Crippen molar-refractivity contribution in [2.24, 2.45) is 17.8 Å². The van der Waals surface area contributed by atoms with Crippen molar-refractivity contribution in [3.63, 3.8) is 0 Å². The number of amides is 1. The van der Waals surface area contributed by atoms with Crippen LogP contribution in [0.1, 0.15) is 81.2 Å². The Morgan fingerprint density at radius 1 is 1.08 bits per heavy atom. The summed E-state index contributed by atoms with van der Waals surface area (Å²) in [6, 6.07) is 7.19. The summed E-state index contributed by atoms with van der Waals surface area (Å²) >= 11 is 6.33. The predicted octanol–water partition coefficient (Wildman–Crippen LogP) is 6.33. The molecule has 3 N–H and O–H groups in total. The summed E-state index contributed by atoms with van der Waals surface area (Å²) in [5.74, 6) is 0.887. The molecule has 2 fully saturated rings. The summed E-state index contributed by atoms with van der Waals surface area (Å²) in [6.07, 6.45) is 8.02. The van der Waals surface area contributed by atoms with E-state index in [1.54, 1.807) is 12.1 Å². The van der Waals surface area contributed by atoms with Gasteiger partial charge in [0.1, 0.15) is 11.2 Å². The maximum Gasteiger partial charge on any atom is 0.410 e. The van der Waals surface area contributed by atoms with E-state index in [1.807, 2.05) is 22.0 Å². The summed E-state index contributed by atoms with van der Waals surface area (Å²) in [5.41, 5.74) is 2.07. The Morgan fingerprint density at radius 2 is 1.82 bits per heavy atom. The number of Topliss-reactive ketones (excluding diaryl/α,β-unsaturated/α-hetero) is 1. The maximum absolute atomic E-state index is 13.9. The number of nitrogens with zero attached hydrogens (tertiary/aromatic N) is 4. The molecule has 0 aliphatic heterocycles. The molecule has 2 aliphatic rings. The summed E-state index contributed by atoms with van der Waals surface area (Å²) in [4.78, 5) is 38.9. The third kappa shape index (κ3) is 5.57. The number of hydrogen-bond acceptors (Lipinski definition) is 6. The van der Waals surface area contributed by atoms with Crippen molar-refractivity contribution in [3.05, 3.63) is 40.9 Å². The van der Waals surface area contributed by atoms with E-state index in [-0.39, 0.29) is 23.2 Å². The zero-order valence-corrected chi connectivity index (χ0v) is 22.3. The summed E-state index contributed by atoms with van der Waals surface area (Å²) in [6.45, 7) is 2.92. The summed E-state index contributed by atoms with van der Waals surface area (Å²) in [5, 5.41) is 19.9. The van der Waals surface area contributed by atoms with Crippen LogP contribution >= 0.6 is 11.6 Å². The second-order valence-corrected chi connectivity index (χ2v) is 11.2. The Balaban J connectivity index is 1.70. The standard InChI is InChI=1S/C28H33ClN6O3/c1-16-10-12-17(13-11-16)15-35-22-21(19-8-5-9-20(29)14-19)31-26(24(30)32-28(37)38)33-25(22)34-27(35)23(36)18-6-3-2-4-7-18/h5,8-9,14,16-18H,2-4,6-7,10-13,15H2,1H3,(H2,30,32)(H,37,38)/t16-,17-. The molecule has 0 bridgehead atoms. The summed E-state index contributed by atoms with van der Waals surface area (Å²) in [7, 11) is 0. The Morgan fingerprint density at radius 3 is 2.50 bits per heavy atom. The van der Waals surface area contributed by atoms with Gasteiger partial charge in [-0.05, 0) is 49.7 Å². The molecule has 1 amide bonds. The predicted molar refractivity (Wildman–Crippen MR) is 146 cm³/mol. The van der Waals surface area contributed by atoms with Crippen LogP contribution in [-0.2, 0) is 6.54 Å². The fraction of sp³-hybridized carbons (Fsp3) is 0.500. The molecule has 38 heavy (non-hydrogen) atoms. The molecule has 9 nitrogen and oxygen atoms in total. The maximum atomic E-state index is 13.9. The van der Waals surface area contributed by atoms with E-state index >= 15 is 0 Å². The molecule has 1 aromatic carbocycles. The SMILES string of the molecule is C[C@H]1CC[C@H](Cn2c(C(=O)C3CCCCC3)nc3nc(C(=N)NC(=O)O)nc(-c4cccc(Cl)c4)c32)CC1. The monoisotopic (exact) mass is 536 g/mol. The number of benzene rings is 1. The first-order valence-corrected chi connectivity index (χ1v) is 13.8. The van der Waals surface area contributed by atoms with Gasteiger partial charge in [0.2, 0.25) is 5.78 Å².